The molecule has 0 radical (unpaired) electrons. The highest BCUT2D eigenvalue weighted by Crippen LogP contribution is 2.43. The van der Waals surface area contributed by atoms with Crippen molar-refractivity contribution in [2.24, 2.45) is 0 Å². The standard InChI is InChI=1S/C24H19F3N6O2/c1-34-24-31-19-17-22(32-24)33-8-11-5-6-13(28-11)14(33)9-35-23(17)30-21(18(19)27)20-16-10(7-15(26)29-20)3-2-4-12(16)25/h2-4,7,11,13-14,28H,5-6,8-9H2,1H3. The van der Waals surface area contributed by atoms with E-state index in [1.165, 1.54) is 25.3 Å². The number of halogens is 3. The van der Waals surface area contributed by atoms with Crippen molar-refractivity contribution in [3.8, 4) is 23.3 Å². The first-order chi connectivity index (χ1) is 17.0. The summed E-state index contributed by atoms with van der Waals surface area (Å²) in [6, 6.07) is 5.68. The van der Waals surface area contributed by atoms with E-state index in [0.717, 1.165) is 18.9 Å². The molecule has 0 aliphatic carbocycles. The Balaban J connectivity index is 1.53. The fourth-order valence-electron chi connectivity index (χ4n) is 5.57. The van der Waals surface area contributed by atoms with Crippen LogP contribution in [0.2, 0.25) is 0 Å². The van der Waals surface area contributed by atoms with E-state index in [2.05, 4.69) is 30.2 Å². The van der Waals surface area contributed by atoms with Crippen molar-refractivity contribution in [2.75, 3.05) is 25.2 Å². The Labute approximate surface area is 197 Å². The number of pyridine rings is 2. The zero-order chi connectivity index (χ0) is 23.8. The van der Waals surface area contributed by atoms with Crippen LogP contribution in [0.25, 0.3) is 33.1 Å². The van der Waals surface area contributed by atoms with Gasteiger partial charge in [0.15, 0.2) is 5.82 Å². The molecular weight excluding hydrogens is 461 g/mol. The van der Waals surface area contributed by atoms with Gasteiger partial charge in [0.1, 0.15) is 40.5 Å². The number of benzene rings is 1. The molecule has 8 nitrogen and oxygen atoms in total. The number of methoxy groups -OCH3 is 1. The molecule has 2 bridgehead atoms. The van der Waals surface area contributed by atoms with Crippen LogP contribution in [0.5, 0.6) is 11.9 Å². The number of piperazine rings is 1. The van der Waals surface area contributed by atoms with Crippen LogP contribution in [0.15, 0.2) is 24.3 Å². The number of nitrogens with zero attached hydrogens (tertiary/aromatic N) is 5. The Kier molecular flexibility index (Phi) is 4.35. The second kappa shape index (κ2) is 7.38. The Morgan fingerprint density at radius 3 is 2.80 bits per heavy atom. The van der Waals surface area contributed by atoms with E-state index < -0.39 is 17.6 Å². The van der Waals surface area contributed by atoms with Crippen LogP contribution >= 0.6 is 0 Å². The molecule has 0 spiro atoms. The lowest BCUT2D eigenvalue weighted by atomic mass is 10.0. The smallest absolute Gasteiger partial charge is 0.318 e. The minimum absolute atomic E-state index is 0.0238. The molecule has 0 saturated carbocycles. The Morgan fingerprint density at radius 2 is 1.94 bits per heavy atom. The van der Waals surface area contributed by atoms with Crippen molar-refractivity contribution in [3.63, 3.8) is 0 Å². The van der Waals surface area contributed by atoms with Gasteiger partial charge in [0.05, 0.1) is 13.2 Å². The maximum absolute atomic E-state index is 16.1. The zero-order valence-electron chi connectivity index (χ0n) is 18.6. The number of aromatic nitrogens is 4. The van der Waals surface area contributed by atoms with Gasteiger partial charge in [-0.2, -0.15) is 14.4 Å². The summed E-state index contributed by atoms with van der Waals surface area (Å²) in [6.07, 6.45) is 2.02. The normalized spacial score (nSPS) is 22.7. The lowest BCUT2D eigenvalue weighted by Gasteiger charge is -2.40. The zero-order valence-corrected chi connectivity index (χ0v) is 18.6. The average Bonchev–Trinajstić information content (AvgIpc) is 3.17. The summed E-state index contributed by atoms with van der Waals surface area (Å²) in [5.41, 5.74) is -0.721. The predicted octanol–water partition coefficient (Wildman–Crippen LogP) is 3.37. The van der Waals surface area contributed by atoms with Crippen molar-refractivity contribution in [3.05, 3.63) is 41.8 Å². The molecule has 7 rings (SSSR count). The number of rotatable bonds is 2. The molecular formula is C24H19F3N6O2. The molecule has 4 aromatic rings. The van der Waals surface area contributed by atoms with Gasteiger partial charge in [-0.15, -0.1) is 0 Å². The average molecular weight is 480 g/mol. The molecule has 3 aliphatic heterocycles. The van der Waals surface area contributed by atoms with E-state index in [4.69, 9.17) is 9.47 Å². The van der Waals surface area contributed by atoms with E-state index in [1.54, 1.807) is 0 Å². The SMILES string of the molecule is COc1nc2c3c(nc(-c4nc(F)cc5cccc(F)c45)c(F)c3n1)OCC1C3CCC(CN21)N3. The summed E-state index contributed by atoms with van der Waals surface area (Å²) in [4.78, 5) is 19.2. The third kappa shape index (κ3) is 2.97. The summed E-state index contributed by atoms with van der Waals surface area (Å²) in [7, 11) is 1.40. The molecule has 1 aromatic carbocycles. The van der Waals surface area contributed by atoms with Crippen LogP contribution in [0.3, 0.4) is 0 Å². The highest BCUT2D eigenvalue weighted by molar-refractivity contribution is 6.00. The summed E-state index contributed by atoms with van der Waals surface area (Å²) in [6.45, 7) is 0.950. The van der Waals surface area contributed by atoms with Crippen molar-refractivity contribution < 1.29 is 22.6 Å². The third-order valence-corrected chi connectivity index (χ3v) is 7.12. The second-order valence-electron chi connectivity index (χ2n) is 9.05. The molecule has 11 heteroatoms. The van der Waals surface area contributed by atoms with Crippen LogP contribution < -0.4 is 19.7 Å². The molecule has 2 fully saturated rings. The fraction of sp³-hybridized carbons (Fsp3) is 0.333. The summed E-state index contributed by atoms with van der Waals surface area (Å²) in [5.74, 6) is -1.86. The van der Waals surface area contributed by atoms with Gasteiger partial charge in [0.2, 0.25) is 11.8 Å². The lowest BCUT2D eigenvalue weighted by molar-refractivity contribution is 0.238. The number of fused-ring (bicyclic) bond motifs is 6. The van der Waals surface area contributed by atoms with Crippen LogP contribution in [0, 0.1) is 17.6 Å². The summed E-state index contributed by atoms with van der Waals surface area (Å²) < 4.78 is 56.8. The minimum atomic E-state index is -0.883. The molecule has 0 amide bonds. The number of nitrogens with one attached hydrogen (secondary N) is 1. The first kappa shape index (κ1) is 20.6. The predicted molar refractivity (Wildman–Crippen MR) is 121 cm³/mol. The molecule has 3 atom stereocenters. The highest BCUT2D eigenvalue weighted by Gasteiger charge is 2.44. The van der Waals surface area contributed by atoms with Crippen LogP contribution in [0.1, 0.15) is 12.8 Å². The van der Waals surface area contributed by atoms with Gasteiger partial charge in [-0.25, -0.2) is 18.7 Å². The fourth-order valence-corrected chi connectivity index (χ4v) is 5.57. The van der Waals surface area contributed by atoms with Crippen molar-refractivity contribution in [1.82, 2.24) is 25.3 Å². The molecule has 3 unspecified atom stereocenters. The Morgan fingerprint density at radius 1 is 1.06 bits per heavy atom. The van der Waals surface area contributed by atoms with Gasteiger partial charge < -0.3 is 19.7 Å². The largest absolute Gasteiger partial charge is 0.475 e. The highest BCUT2D eigenvalue weighted by atomic mass is 19.1. The third-order valence-electron chi connectivity index (χ3n) is 7.12. The monoisotopic (exact) mass is 480 g/mol. The second-order valence-corrected chi connectivity index (χ2v) is 9.05. The van der Waals surface area contributed by atoms with E-state index in [1.807, 2.05) is 0 Å². The van der Waals surface area contributed by atoms with Gasteiger partial charge in [-0.3, -0.25) is 0 Å². The van der Waals surface area contributed by atoms with E-state index in [-0.39, 0.29) is 64.3 Å². The van der Waals surface area contributed by atoms with Crippen molar-refractivity contribution in [1.29, 1.82) is 0 Å². The molecule has 178 valence electrons. The quantitative estimate of drug-likeness (QED) is 0.438. The molecule has 1 N–H and O–H groups in total. The maximum atomic E-state index is 16.1. The van der Waals surface area contributed by atoms with Crippen LogP contribution in [-0.4, -0.2) is 58.3 Å². The molecule has 35 heavy (non-hydrogen) atoms. The summed E-state index contributed by atoms with van der Waals surface area (Å²) >= 11 is 0. The van der Waals surface area contributed by atoms with Gasteiger partial charge >= 0.3 is 6.01 Å². The number of ether oxygens (including phenoxy) is 2. The van der Waals surface area contributed by atoms with Gasteiger partial charge in [0, 0.05) is 30.1 Å². The van der Waals surface area contributed by atoms with Crippen LogP contribution in [0.4, 0.5) is 19.0 Å². The Hall–Kier alpha value is -3.73. The van der Waals surface area contributed by atoms with Crippen molar-refractivity contribution >= 4 is 27.5 Å². The molecule has 3 aromatic heterocycles. The summed E-state index contributed by atoms with van der Waals surface area (Å²) in [5, 5.41) is 4.10. The molecule has 6 heterocycles. The van der Waals surface area contributed by atoms with E-state index >= 15 is 4.39 Å². The molecule has 2 saturated heterocycles. The Bertz CT molecular complexity index is 1530. The van der Waals surface area contributed by atoms with Gasteiger partial charge in [0.25, 0.3) is 0 Å². The number of hydrogen-bond acceptors (Lipinski definition) is 8. The first-order valence-electron chi connectivity index (χ1n) is 11.4. The number of anilines is 1. The van der Waals surface area contributed by atoms with Gasteiger partial charge in [-0.05, 0) is 24.3 Å². The first-order valence-corrected chi connectivity index (χ1v) is 11.4. The maximum Gasteiger partial charge on any atom is 0.318 e. The topological polar surface area (TPSA) is 85.3 Å². The minimum Gasteiger partial charge on any atom is -0.475 e. The lowest BCUT2D eigenvalue weighted by Crippen LogP contribution is -2.60. The van der Waals surface area contributed by atoms with E-state index in [9.17, 15) is 8.78 Å². The van der Waals surface area contributed by atoms with E-state index in [0.29, 0.717) is 17.7 Å². The molecule has 3 aliphatic rings. The number of hydrogen-bond donors (Lipinski definition) is 1. The van der Waals surface area contributed by atoms with Crippen LogP contribution in [-0.2, 0) is 0 Å². The van der Waals surface area contributed by atoms with Gasteiger partial charge in [-0.1, -0.05) is 12.1 Å². The van der Waals surface area contributed by atoms with Crippen molar-refractivity contribution in [2.45, 2.75) is 31.0 Å².